The van der Waals surface area contributed by atoms with Gasteiger partial charge in [0.2, 0.25) is 0 Å². The Morgan fingerprint density at radius 2 is 1.78 bits per heavy atom. The van der Waals surface area contributed by atoms with Gasteiger partial charge in [-0.2, -0.15) is 5.26 Å². The van der Waals surface area contributed by atoms with Gasteiger partial charge in [0.1, 0.15) is 5.78 Å². The number of benzene rings is 2. The minimum Gasteiger partial charge on any atom is -0.299 e. The smallest absolute Gasteiger partial charge is 0.141 e. The summed E-state index contributed by atoms with van der Waals surface area (Å²) in [5.74, 6) is 0.188. The quantitative estimate of drug-likeness (QED) is 0.774. The van der Waals surface area contributed by atoms with Crippen molar-refractivity contribution >= 4 is 11.9 Å². The van der Waals surface area contributed by atoms with E-state index in [4.69, 9.17) is 0 Å². The fraction of sp³-hybridized carbons (Fsp3) is 0.238. The number of hydrogen-bond acceptors (Lipinski definition) is 2. The van der Waals surface area contributed by atoms with Crippen LogP contribution in [0.1, 0.15) is 38.3 Å². The maximum atomic E-state index is 11.9. The van der Waals surface area contributed by atoms with Gasteiger partial charge in [0.15, 0.2) is 0 Å². The summed E-state index contributed by atoms with van der Waals surface area (Å²) in [6.07, 6.45) is 4.08. The summed E-state index contributed by atoms with van der Waals surface area (Å²) in [5, 5.41) is 9.38. The van der Waals surface area contributed by atoms with Crippen molar-refractivity contribution in [3.8, 4) is 17.2 Å². The number of allylic oxidation sites excluding steroid dienone is 1. The van der Waals surface area contributed by atoms with E-state index in [1.165, 1.54) is 0 Å². The van der Waals surface area contributed by atoms with Crippen molar-refractivity contribution in [2.24, 2.45) is 5.41 Å². The molecule has 0 fully saturated rings. The number of nitriles is 1. The first-order chi connectivity index (χ1) is 10.9. The van der Waals surface area contributed by atoms with Crippen molar-refractivity contribution in [1.82, 2.24) is 0 Å². The molecule has 0 radical (unpaired) electrons. The van der Waals surface area contributed by atoms with Crippen molar-refractivity contribution in [2.75, 3.05) is 0 Å². The molecule has 0 N–H and O–H groups in total. The first kappa shape index (κ1) is 16.7. The van der Waals surface area contributed by atoms with Crippen LogP contribution in [-0.4, -0.2) is 5.78 Å². The summed E-state index contributed by atoms with van der Waals surface area (Å²) < 4.78 is 0. The number of hydrogen-bond donors (Lipinski definition) is 0. The zero-order valence-corrected chi connectivity index (χ0v) is 13.8. The van der Waals surface area contributed by atoms with Crippen LogP contribution < -0.4 is 0 Å². The highest BCUT2D eigenvalue weighted by Gasteiger charge is 2.19. The third-order valence-corrected chi connectivity index (χ3v) is 3.72. The lowest BCUT2D eigenvalue weighted by atomic mass is 9.89. The van der Waals surface area contributed by atoms with Gasteiger partial charge in [0, 0.05) is 11.8 Å². The highest BCUT2D eigenvalue weighted by atomic mass is 16.1. The van der Waals surface area contributed by atoms with Crippen molar-refractivity contribution in [3.63, 3.8) is 0 Å². The number of nitrogens with zero attached hydrogens (tertiary/aromatic N) is 1. The van der Waals surface area contributed by atoms with Gasteiger partial charge in [-0.05, 0) is 22.8 Å². The van der Waals surface area contributed by atoms with Gasteiger partial charge in [-0.1, -0.05) is 75.4 Å². The van der Waals surface area contributed by atoms with Crippen LogP contribution in [0, 0.1) is 16.7 Å². The maximum Gasteiger partial charge on any atom is 0.141 e. The highest BCUT2D eigenvalue weighted by molar-refractivity contribution is 5.85. The SMILES string of the molecule is CC(C)(C)C(=O)C/C=C/c1ccc(-c2ccccc2)cc1C#N. The van der Waals surface area contributed by atoms with Crippen LogP contribution in [0.5, 0.6) is 0 Å². The molecule has 0 amide bonds. The van der Waals surface area contributed by atoms with Crippen LogP contribution in [0.3, 0.4) is 0 Å². The lowest BCUT2D eigenvalue weighted by Gasteiger charge is -2.14. The molecule has 2 aromatic carbocycles. The molecule has 0 aliphatic rings. The topological polar surface area (TPSA) is 40.9 Å². The Morgan fingerprint density at radius 1 is 1.09 bits per heavy atom. The van der Waals surface area contributed by atoms with Crippen LogP contribution >= 0.6 is 0 Å². The second-order valence-corrected chi connectivity index (χ2v) is 6.56. The molecule has 0 unspecified atom stereocenters. The van der Waals surface area contributed by atoms with Crippen LogP contribution in [0.2, 0.25) is 0 Å². The Balaban J connectivity index is 2.21. The molecule has 0 atom stereocenters. The van der Waals surface area contributed by atoms with E-state index in [2.05, 4.69) is 6.07 Å². The van der Waals surface area contributed by atoms with Crippen molar-refractivity contribution in [1.29, 1.82) is 5.26 Å². The number of carbonyl (C=O) groups is 1. The predicted molar refractivity (Wildman–Crippen MR) is 94.7 cm³/mol. The molecular weight excluding hydrogens is 282 g/mol. The standard InChI is InChI=1S/C21H21NO/c1-21(2,3)20(23)11-7-10-17-12-13-18(14-19(17)15-22)16-8-5-4-6-9-16/h4-10,12-14H,11H2,1-3H3/b10-7+. The lowest BCUT2D eigenvalue weighted by Crippen LogP contribution is -2.18. The van der Waals surface area contributed by atoms with Crippen LogP contribution in [0.25, 0.3) is 17.2 Å². The van der Waals surface area contributed by atoms with Crippen LogP contribution in [0.4, 0.5) is 0 Å². The van der Waals surface area contributed by atoms with E-state index in [-0.39, 0.29) is 11.2 Å². The van der Waals surface area contributed by atoms with E-state index < -0.39 is 0 Å². The summed E-state index contributed by atoms with van der Waals surface area (Å²) >= 11 is 0. The summed E-state index contributed by atoms with van der Waals surface area (Å²) in [7, 11) is 0. The van der Waals surface area contributed by atoms with Crippen molar-refractivity contribution < 1.29 is 4.79 Å². The molecule has 0 heterocycles. The van der Waals surface area contributed by atoms with E-state index in [1.807, 2.05) is 81.5 Å². The maximum absolute atomic E-state index is 11.9. The molecule has 0 spiro atoms. The van der Waals surface area contributed by atoms with Gasteiger partial charge in [-0.3, -0.25) is 4.79 Å². The Kier molecular flexibility index (Phi) is 5.13. The molecule has 0 aliphatic heterocycles. The summed E-state index contributed by atoms with van der Waals surface area (Å²) in [6.45, 7) is 5.75. The van der Waals surface area contributed by atoms with E-state index in [0.717, 1.165) is 16.7 Å². The Labute approximate surface area is 138 Å². The molecule has 2 nitrogen and oxygen atoms in total. The Morgan fingerprint density at radius 3 is 2.39 bits per heavy atom. The zero-order chi connectivity index (χ0) is 16.9. The van der Waals surface area contributed by atoms with Gasteiger partial charge in [-0.15, -0.1) is 0 Å². The predicted octanol–water partition coefficient (Wildman–Crippen LogP) is 5.24. The number of Topliss-reactive ketones (excluding diaryl/α,β-unsaturated/α-hetero) is 1. The molecule has 0 bridgehead atoms. The Bertz CT molecular complexity index is 759. The molecule has 2 heteroatoms. The van der Waals surface area contributed by atoms with Gasteiger partial charge in [0.05, 0.1) is 11.6 Å². The van der Waals surface area contributed by atoms with Gasteiger partial charge in [0.25, 0.3) is 0 Å². The number of ketones is 1. The van der Waals surface area contributed by atoms with E-state index in [9.17, 15) is 10.1 Å². The molecule has 2 aromatic rings. The molecule has 2 rings (SSSR count). The second kappa shape index (κ2) is 7.07. The third-order valence-electron chi connectivity index (χ3n) is 3.72. The molecular formula is C21H21NO. The van der Waals surface area contributed by atoms with Gasteiger partial charge in [-0.25, -0.2) is 0 Å². The average Bonchev–Trinajstić information content (AvgIpc) is 2.55. The minimum atomic E-state index is -0.334. The summed E-state index contributed by atoms with van der Waals surface area (Å²) in [6, 6.07) is 18.0. The first-order valence-corrected chi connectivity index (χ1v) is 7.71. The molecule has 23 heavy (non-hydrogen) atoms. The summed E-state index contributed by atoms with van der Waals surface area (Å²) in [4.78, 5) is 11.9. The van der Waals surface area contributed by atoms with Crippen molar-refractivity contribution in [2.45, 2.75) is 27.2 Å². The van der Waals surface area contributed by atoms with Gasteiger partial charge < -0.3 is 0 Å². The Hall–Kier alpha value is -2.66. The van der Waals surface area contributed by atoms with E-state index in [1.54, 1.807) is 0 Å². The molecule has 0 saturated heterocycles. The highest BCUT2D eigenvalue weighted by Crippen LogP contribution is 2.23. The van der Waals surface area contributed by atoms with Gasteiger partial charge >= 0.3 is 0 Å². The fourth-order valence-electron chi connectivity index (χ4n) is 2.21. The fourth-order valence-corrected chi connectivity index (χ4v) is 2.21. The normalized spacial score (nSPS) is 11.4. The van der Waals surface area contributed by atoms with Crippen LogP contribution in [-0.2, 0) is 4.79 Å². The lowest BCUT2D eigenvalue weighted by molar-refractivity contribution is -0.125. The number of rotatable bonds is 4. The first-order valence-electron chi connectivity index (χ1n) is 7.71. The molecule has 0 aliphatic carbocycles. The zero-order valence-electron chi connectivity index (χ0n) is 13.8. The molecule has 0 aromatic heterocycles. The third kappa shape index (κ3) is 4.40. The largest absolute Gasteiger partial charge is 0.299 e. The average molecular weight is 303 g/mol. The monoisotopic (exact) mass is 303 g/mol. The number of carbonyl (C=O) groups excluding carboxylic acids is 1. The van der Waals surface area contributed by atoms with Crippen molar-refractivity contribution in [3.05, 3.63) is 65.7 Å². The van der Waals surface area contributed by atoms with Crippen LogP contribution in [0.15, 0.2) is 54.6 Å². The molecule has 116 valence electrons. The van der Waals surface area contributed by atoms with E-state index >= 15 is 0 Å². The van der Waals surface area contributed by atoms with E-state index in [0.29, 0.717) is 12.0 Å². The second-order valence-electron chi connectivity index (χ2n) is 6.56. The summed E-state index contributed by atoms with van der Waals surface area (Å²) in [5.41, 5.74) is 3.23. The minimum absolute atomic E-state index is 0.188. The molecule has 0 saturated carbocycles.